The number of carbonyl (C=O) groups is 1. The van der Waals surface area contributed by atoms with E-state index in [0.29, 0.717) is 11.1 Å². The number of nitrogens with zero attached hydrogens (tertiary/aromatic N) is 1. The summed E-state index contributed by atoms with van der Waals surface area (Å²) in [5.74, 6) is -0.545. The van der Waals surface area contributed by atoms with Crippen LogP contribution in [0.5, 0.6) is 0 Å². The number of nitrogens with one attached hydrogen (secondary N) is 1. The number of nitriles is 1. The Morgan fingerprint density at radius 2 is 2.25 bits per heavy atom. The molecule has 1 aromatic rings. The molecule has 0 aromatic heterocycles. The second-order valence-corrected chi connectivity index (χ2v) is 3.45. The van der Waals surface area contributed by atoms with Crippen LogP contribution in [0.2, 0.25) is 0 Å². The van der Waals surface area contributed by atoms with Crippen LogP contribution in [0, 0.1) is 24.1 Å². The molecule has 16 heavy (non-hydrogen) atoms. The van der Waals surface area contributed by atoms with Crippen LogP contribution >= 0.6 is 0 Å². The van der Waals surface area contributed by atoms with Crippen molar-refractivity contribution < 1.29 is 14.3 Å². The standard InChI is InChI=1S/C11H11FN2O2/c1-6-8(5-13)3-9(12)4-10(6)7(2)14-11(15)16/h3-4,7,14H,1-2H3,(H,15,16)/t7-/m1/s1. The number of halogens is 1. The molecule has 0 saturated carbocycles. The molecule has 84 valence electrons. The number of rotatable bonds is 2. The van der Waals surface area contributed by atoms with E-state index >= 15 is 0 Å². The summed E-state index contributed by atoms with van der Waals surface area (Å²) in [6.45, 7) is 3.25. The highest BCUT2D eigenvalue weighted by Crippen LogP contribution is 2.21. The van der Waals surface area contributed by atoms with Gasteiger partial charge in [0, 0.05) is 0 Å². The van der Waals surface area contributed by atoms with Gasteiger partial charge in [0.15, 0.2) is 0 Å². The molecular formula is C11H11FN2O2. The zero-order valence-corrected chi connectivity index (χ0v) is 8.91. The summed E-state index contributed by atoms with van der Waals surface area (Å²) in [5.41, 5.74) is 1.28. The lowest BCUT2D eigenvalue weighted by atomic mass is 9.98. The van der Waals surface area contributed by atoms with E-state index in [-0.39, 0.29) is 5.56 Å². The molecule has 0 fully saturated rings. The second kappa shape index (κ2) is 4.62. The van der Waals surface area contributed by atoms with Crippen LogP contribution in [0.25, 0.3) is 0 Å². The number of hydrogen-bond donors (Lipinski definition) is 2. The van der Waals surface area contributed by atoms with Crippen molar-refractivity contribution in [3.8, 4) is 6.07 Å². The lowest BCUT2D eigenvalue weighted by Crippen LogP contribution is -2.25. The molecule has 0 aliphatic carbocycles. The summed E-state index contributed by atoms with van der Waals surface area (Å²) in [5, 5.41) is 19.6. The van der Waals surface area contributed by atoms with Gasteiger partial charge in [-0.05, 0) is 37.1 Å². The van der Waals surface area contributed by atoms with Crippen molar-refractivity contribution >= 4 is 6.09 Å². The van der Waals surface area contributed by atoms with Crippen molar-refractivity contribution in [2.24, 2.45) is 0 Å². The Labute approximate surface area is 92.3 Å². The van der Waals surface area contributed by atoms with E-state index in [1.54, 1.807) is 13.8 Å². The normalized spacial score (nSPS) is 11.6. The lowest BCUT2D eigenvalue weighted by molar-refractivity contribution is 0.191. The highest BCUT2D eigenvalue weighted by Gasteiger charge is 2.14. The van der Waals surface area contributed by atoms with E-state index in [4.69, 9.17) is 10.4 Å². The molecule has 0 aliphatic rings. The minimum absolute atomic E-state index is 0.217. The van der Waals surface area contributed by atoms with Gasteiger partial charge in [0.05, 0.1) is 17.7 Å². The zero-order chi connectivity index (χ0) is 12.3. The van der Waals surface area contributed by atoms with Crippen LogP contribution in [-0.4, -0.2) is 11.2 Å². The highest BCUT2D eigenvalue weighted by atomic mass is 19.1. The average molecular weight is 222 g/mol. The molecule has 0 saturated heterocycles. The Balaban J connectivity index is 3.18. The zero-order valence-electron chi connectivity index (χ0n) is 8.91. The van der Waals surface area contributed by atoms with Gasteiger partial charge in [-0.2, -0.15) is 5.26 Å². The third-order valence-corrected chi connectivity index (χ3v) is 2.34. The maximum Gasteiger partial charge on any atom is 0.405 e. The number of carboxylic acid groups (broad SMARTS) is 1. The van der Waals surface area contributed by atoms with Crippen molar-refractivity contribution in [2.75, 3.05) is 0 Å². The molecule has 0 spiro atoms. The van der Waals surface area contributed by atoms with Crippen LogP contribution in [0.4, 0.5) is 9.18 Å². The molecule has 1 aromatic carbocycles. The van der Waals surface area contributed by atoms with E-state index in [1.165, 1.54) is 6.07 Å². The first-order valence-electron chi connectivity index (χ1n) is 4.65. The van der Waals surface area contributed by atoms with Crippen molar-refractivity contribution in [3.63, 3.8) is 0 Å². The molecule has 1 amide bonds. The van der Waals surface area contributed by atoms with Crippen molar-refractivity contribution in [2.45, 2.75) is 19.9 Å². The topological polar surface area (TPSA) is 73.1 Å². The SMILES string of the molecule is Cc1c(C#N)cc(F)cc1[C@@H](C)NC(=O)O. The monoisotopic (exact) mass is 222 g/mol. The van der Waals surface area contributed by atoms with Crippen molar-refractivity contribution in [1.82, 2.24) is 5.32 Å². The van der Waals surface area contributed by atoms with Gasteiger partial charge in [-0.25, -0.2) is 9.18 Å². The molecule has 4 nitrogen and oxygen atoms in total. The van der Waals surface area contributed by atoms with E-state index in [0.717, 1.165) is 6.07 Å². The largest absolute Gasteiger partial charge is 0.465 e. The molecule has 0 heterocycles. The van der Waals surface area contributed by atoms with E-state index in [2.05, 4.69) is 5.32 Å². The molecule has 2 N–H and O–H groups in total. The Morgan fingerprint density at radius 1 is 1.62 bits per heavy atom. The molecule has 0 bridgehead atoms. The van der Waals surface area contributed by atoms with Gasteiger partial charge >= 0.3 is 6.09 Å². The van der Waals surface area contributed by atoms with Crippen LogP contribution in [0.3, 0.4) is 0 Å². The maximum absolute atomic E-state index is 13.2. The van der Waals surface area contributed by atoms with Gasteiger partial charge in [0.2, 0.25) is 0 Å². The minimum atomic E-state index is -1.19. The molecule has 0 unspecified atom stereocenters. The summed E-state index contributed by atoms with van der Waals surface area (Å²) in [6.07, 6.45) is -1.19. The van der Waals surface area contributed by atoms with Crippen molar-refractivity contribution in [1.29, 1.82) is 5.26 Å². The summed E-state index contributed by atoms with van der Waals surface area (Å²) < 4.78 is 13.2. The first kappa shape index (κ1) is 12.0. The van der Waals surface area contributed by atoms with Gasteiger partial charge in [0.25, 0.3) is 0 Å². The van der Waals surface area contributed by atoms with Gasteiger partial charge in [-0.1, -0.05) is 0 Å². The van der Waals surface area contributed by atoms with E-state index < -0.39 is 18.0 Å². The molecule has 0 aliphatic heterocycles. The first-order valence-corrected chi connectivity index (χ1v) is 4.65. The van der Waals surface area contributed by atoms with Crippen LogP contribution in [0.1, 0.15) is 29.7 Å². The summed E-state index contributed by atoms with van der Waals surface area (Å²) in [7, 11) is 0. The van der Waals surface area contributed by atoms with Crippen LogP contribution in [0.15, 0.2) is 12.1 Å². The minimum Gasteiger partial charge on any atom is -0.465 e. The second-order valence-electron chi connectivity index (χ2n) is 3.45. The highest BCUT2D eigenvalue weighted by molar-refractivity contribution is 5.65. The fourth-order valence-corrected chi connectivity index (χ4v) is 1.53. The third kappa shape index (κ3) is 2.48. The summed E-state index contributed by atoms with van der Waals surface area (Å²) in [6, 6.07) is 3.68. The molecular weight excluding hydrogens is 211 g/mol. The van der Waals surface area contributed by atoms with Crippen LogP contribution < -0.4 is 5.32 Å². The fraction of sp³-hybridized carbons (Fsp3) is 0.273. The smallest absolute Gasteiger partial charge is 0.405 e. The predicted molar refractivity (Wildman–Crippen MR) is 55.4 cm³/mol. The first-order chi connectivity index (χ1) is 7.45. The Hall–Kier alpha value is -2.09. The van der Waals surface area contributed by atoms with E-state index in [9.17, 15) is 9.18 Å². The fourth-order valence-electron chi connectivity index (χ4n) is 1.53. The van der Waals surface area contributed by atoms with Gasteiger partial charge in [-0.3, -0.25) is 0 Å². The van der Waals surface area contributed by atoms with Gasteiger partial charge in [0.1, 0.15) is 5.82 Å². The predicted octanol–water partition coefficient (Wildman–Crippen LogP) is 2.33. The Kier molecular flexibility index (Phi) is 3.46. The Bertz CT molecular complexity index is 466. The number of benzene rings is 1. The molecule has 0 radical (unpaired) electrons. The van der Waals surface area contributed by atoms with Gasteiger partial charge < -0.3 is 10.4 Å². The molecule has 5 heteroatoms. The summed E-state index contributed by atoms with van der Waals surface area (Å²) >= 11 is 0. The van der Waals surface area contributed by atoms with Crippen LogP contribution in [-0.2, 0) is 0 Å². The quantitative estimate of drug-likeness (QED) is 0.806. The Morgan fingerprint density at radius 3 is 2.75 bits per heavy atom. The summed E-state index contributed by atoms with van der Waals surface area (Å²) in [4.78, 5) is 10.5. The maximum atomic E-state index is 13.2. The van der Waals surface area contributed by atoms with Gasteiger partial charge in [-0.15, -0.1) is 0 Å². The molecule has 1 rings (SSSR count). The average Bonchev–Trinajstić information content (AvgIpc) is 2.19. The van der Waals surface area contributed by atoms with Crippen molar-refractivity contribution in [3.05, 3.63) is 34.6 Å². The number of amides is 1. The number of hydrogen-bond acceptors (Lipinski definition) is 2. The molecule has 1 atom stereocenters. The van der Waals surface area contributed by atoms with E-state index in [1.807, 2.05) is 6.07 Å². The lowest BCUT2D eigenvalue weighted by Gasteiger charge is -2.15. The third-order valence-electron chi connectivity index (χ3n) is 2.34.